The maximum atomic E-state index is 12.2. The third-order valence-electron chi connectivity index (χ3n) is 2.25. The molecular formula is C11H13F2O3PSe. The second-order valence-corrected chi connectivity index (χ2v) is 6.43. The molecule has 0 aliphatic rings. The number of carbonyl (C=O) groups excluding carboxylic acids is 1. The van der Waals surface area contributed by atoms with E-state index in [1.807, 2.05) is 0 Å². The monoisotopic (exact) mass is 342 g/mol. The molecule has 0 fully saturated rings. The molecular weight excluding hydrogens is 328 g/mol. The Morgan fingerprint density at radius 2 is 2.17 bits per heavy atom. The molecule has 1 rings (SSSR count). The standard InChI is InChI=1S/C11H13F2O3PSe/c1-6-3-8(16-11(12)13)4-7(5-18-17)9(6)10(14)15-2/h3-4,11,17-18H,5H2,1-2H3. The van der Waals surface area contributed by atoms with Gasteiger partial charge in [0.15, 0.2) is 0 Å². The van der Waals surface area contributed by atoms with Crippen molar-refractivity contribution >= 4 is 27.5 Å². The van der Waals surface area contributed by atoms with Gasteiger partial charge in [0.05, 0.1) is 0 Å². The summed E-state index contributed by atoms with van der Waals surface area (Å²) in [6.07, 6.45) is 0. The number of rotatable bonds is 5. The third-order valence-corrected chi connectivity index (χ3v) is 4.12. The van der Waals surface area contributed by atoms with E-state index in [4.69, 9.17) is 4.74 Å². The van der Waals surface area contributed by atoms with Crippen molar-refractivity contribution in [3.8, 4) is 5.75 Å². The molecule has 0 aromatic heterocycles. The molecule has 0 saturated heterocycles. The summed E-state index contributed by atoms with van der Waals surface area (Å²) < 4.78 is 33.4. The van der Waals surface area contributed by atoms with Crippen LogP contribution in [0.4, 0.5) is 8.78 Å². The number of alkyl halides is 2. The van der Waals surface area contributed by atoms with Gasteiger partial charge in [0, 0.05) is 0 Å². The number of hydrogen-bond acceptors (Lipinski definition) is 3. The normalized spacial score (nSPS) is 10.5. The number of carbonyl (C=O) groups is 1. The molecule has 0 bridgehead atoms. The quantitative estimate of drug-likeness (QED) is 0.469. The third kappa shape index (κ3) is 3.84. The maximum absolute atomic E-state index is 12.2. The van der Waals surface area contributed by atoms with Crippen molar-refractivity contribution in [1.82, 2.24) is 0 Å². The van der Waals surface area contributed by atoms with Gasteiger partial charge in [-0.05, 0) is 0 Å². The van der Waals surface area contributed by atoms with Crippen molar-refractivity contribution in [3.05, 3.63) is 28.8 Å². The molecule has 0 heterocycles. The number of halogens is 2. The SMILES string of the molecule is COC(=O)c1c(C)cc(OC(F)F)cc1C[SeH]=P. The molecule has 3 nitrogen and oxygen atoms in total. The predicted octanol–water partition coefficient (Wildman–Crippen LogP) is 2.38. The minimum absolute atomic E-state index is 0.0615. The van der Waals surface area contributed by atoms with Gasteiger partial charge < -0.3 is 0 Å². The van der Waals surface area contributed by atoms with Crippen LogP contribution in [-0.2, 0) is 10.1 Å². The van der Waals surface area contributed by atoms with Crippen molar-refractivity contribution in [2.75, 3.05) is 7.11 Å². The predicted molar refractivity (Wildman–Crippen MR) is 68.3 cm³/mol. The molecule has 18 heavy (non-hydrogen) atoms. The van der Waals surface area contributed by atoms with E-state index >= 15 is 0 Å². The minimum atomic E-state index is -2.88. The van der Waals surface area contributed by atoms with Gasteiger partial charge in [0.2, 0.25) is 0 Å². The number of ether oxygens (including phenoxy) is 2. The van der Waals surface area contributed by atoms with Crippen LogP contribution in [0.15, 0.2) is 12.1 Å². The molecule has 0 radical (unpaired) electrons. The first kappa shape index (κ1) is 15.2. The summed E-state index contributed by atoms with van der Waals surface area (Å²) in [5.41, 5.74) is 1.65. The average molecular weight is 341 g/mol. The van der Waals surface area contributed by atoms with Crippen LogP contribution in [0.1, 0.15) is 21.5 Å². The van der Waals surface area contributed by atoms with Gasteiger partial charge in [-0.25, -0.2) is 0 Å². The molecule has 0 aliphatic carbocycles. The van der Waals surface area contributed by atoms with Crippen LogP contribution in [-0.4, -0.2) is 33.7 Å². The Morgan fingerprint density at radius 1 is 1.50 bits per heavy atom. The van der Waals surface area contributed by atoms with E-state index < -0.39 is 12.6 Å². The molecule has 100 valence electrons. The Morgan fingerprint density at radius 3 is 2.67 bits per heavy atom. The van der Waals surface area contributed by atoms with E-state index in [0.29, 0.717) is 22.0 Å². The summed E-state index contributed by atoms with van der Waals surface area (Å²) >= 11 is -0.176. The van der Waals surface area contributed by atoms with E-state index in [2.05, 4.69) is 12.2 Å². The summed E-state index contributed by atoms with van der Waals surface area (Å²) in [5.74, 6) is -0.404. The van der Waals surface area contributed by atoms with Crippen molar-refractivity contribution in [1.29, 1.82) is 0 Å². The number of benzene rings is 1. The zero-order valence-electron chi connectivity index (χ0n) is 9.87. The molecule has 0 amide bonds. The number of aryl methyl sites for hydroxylation is 1. The zero-order valence-corrected chi connectivity index (χ0v) is 12.7. The summed E-state index contributed by atoms with van der Waals surface area (Å²) in [6.45, 7) is -1.21. The summed E-state index contributed by atoms with van der Waals surface area (Å²) in [4.78, 5) is 11.6. The topological polar surface area (TPSA) is 35.5 Å². The van der Waals surface area contributed by atoms with Crippen molar-refractivity contribution in [3.63, 3.8) is 0 Å². The van der Waals surface area contributed by atoms with Crippen molar-refractivity contribution in [2.45, 2.75) is 18.9 Å². The van der Waals surface area contributed by atoms with E-state index in [0.717, 1.165) is 0 Å². The Hall–Kier alpha value is -0.831. The molecule has 0 unspecified atom stereocenters. The number of esters is 1. The summed E-state index contributed by atoms with van der Waals surface area (Å²) in [5, 5.41) is 0.610. The van der Waals surface area contributed by atoms with Gasteiger partial charge in [0.25, 0.3) is 0 Å². The first-order valence-corrected chi connectivity index (χ1v) is 9.58. The summed E-state index contributed by atoms with van der Waals surface area (Å²) in [7, 11) is 4.68. The fourth-order valence-electron chi connectivity index (χ4n) is 1.60. The Bertz CT molecular complexity index is 466. The van der Waals surface area contributed by atoms with Crippen LogP contribution in [0, 0.1) is 6.92 Å². The van der Waals surface area contributed by atoms with Gasteiger partial charge in [-0.2, -0.15) is 0 Å². The van der Waals surface area contributed by atoms with Crippen LogP contribution in [0.5, 0.6) is 5.75 Å². The van der Waals surface area contributed by atoms with Crippen LogP contribution in [0.25, 0.3) is 0 Å². The fraction of sp³-hybridized carbons (Fsp3) is 0.364. The van der Waals surface area contributed by atoms with Crippen LogP contribution < -0.4 is 4.74 Å². The first-order chi connectivity index (χ1) is 8.49. The van der Waals surface area contributed by atoms with E-state index in [1.165, 1.54) is 19.2 Å². The molecule has 1 aromatic carbocycles. The first-order valence-electron chi connectivity index (χ1n) is 4.99. The second-order valence-electron chi connectivity index (χ2n) is 3.46. The van der Waals surface area contributed by atoms with Gasteiger partial charge in [0.1, 0.15) is 0 Å². The van der Waals surface area contributed by atoms with Crippen LogP contribution >= 0.6 is 7.49 Å². The van der Waals surface area contributed by atoms with Gasteiger partial charge >= 0.3 is 111 Å². The molecule has 0 atom stereocenters. The molecule has 1 aromatic rings. The van der Waals surface area contributed by atoms with Crippen LogP contribution in [0.3, 0.4) is 0 Å². The van der Waals surface area contributed by atoms with E-state index in [9.17, 15) is 13.6 Å². The Labute approximate surface area is 111 Å². The molecule has 0 N–H and O–H groups in total. The molecule has 0 saturated carbocycles. The molecule has 7 heteroatoms. The summed E-state index contributed by atoms with van der Waals surface area (Å²) in [6, 6.07) is 2.87. The van der Waals surface area contributed by atoms with Gasteiger partial charge in [-0.3, -0.25) is 0 Å². The molecule has 0 spiro atoms. The van der Waals surface area contributed by atoms with Crippen LogP contribution in [0.2, 0.25) is 0 Å². The van der Waals surface area contributed by atoms with Gasteiger partial charge in [-0.1, -0.05) is 0 Å². The number of methoxy groups -OCH3 is 1. The van der Waals surface area contributed by atoms with Crippen molar-refractivity contribution in [2.24, 2.45) is 0 Å². The van der Waals surface area contributed by atoms with E-state index in [-0.39, 0.29) is 19.8 Å². The second kappa shape index (κ2) is 6.93. The average Bonchev–Trinajstić information content (AvgIpc) is 2.27. The fourth-order valence-corrected chi connectivity index (χ4v) is 3.37. The van der Waals surface area contributed by atoms with E-state index in [1.54, 1.807) is 6.92 Å². The van der Waals surface area contributed by atoms with Crippen molar-refractivity contribution < 1.29 is 23.0 Å². The van der Waals surface area contributed by atoms with Gasteiger partial charge in [-0.15, -0.1) is 0 Å². The zero-order chi connectivity index (χ0) is 13.7. The molecule has 0 aliphatic heterocycles. The number of hydrogen-bond donors (Lipinski definition) is 0. The Kier molecular flexibility index (Phi) is 5.86. The Balaban J connectivity index is 3.25.